The Bertz CT molecular complexity index is 1080. The van der Waals surface area contributed by atoms with E-state index in [1.165, 1.54) is 12.1 Å². The van der Waals surface area contributed by atoms with Gasteiger partial charge in [0.05, 0.1) is 25.4 Å². The molecular formula is C17H16ClN3O7S2. The van der Waals surface area contributed by atoms with Crippen molar-refractivity contribution in [2.75, 3.05) is 24.7 Å². The first kappa shape index (κ1) is 23.6. The van der Waals surface area contributed by atoms with Crippen LogP contribution in [0.2, 0.25) is 5.02 Å². The molecule has 0 aliphatic heterocycles. The summed E-state index contributed by atoms with van der Waals surface area (Å²) in [6.07, 6.45) is 1.62. The first-order valence-corrected chi connectivity index (χ1v) is 11.2. The zero-order valence-electron chi connectivity index (χ0n) is 15.5. The summed E-state index contributed by atoms with van der Waals surface area (Å²) in [5.41, 5.74) is -0.0413. The normalized spacial score (nSPS) is 11.0. The van der Waals surface area contributed by atoms with Gasteiger partial charge in [0, 0.05) is 6.07 Å². The van der Waals surface area contributed by atoms with Crippen LogP contribution < -0.4 is 10.0 Å². The van der Waals surface area contributed by atoms with Crippen molar-refractivity contribution in [2.24, 2.45) is 0 Å². The van der Waals surface area contributed by atoms with E-state index in [9.17, 15) is 28.1 Å². The van der Waals surface area contributed by atoms with Gasteiger partial charge in [-0.1, -0.05) is 23.7 Å². The number of amides is 1. The van der Waals surface area contributed by atoms with Crippen molar-refractivity contribution in [2.45, 2.75) is 9.79 Å². The smallest absolute Gasteiger partial charge is 0.321 e. The lowest BCUT2D eigenvalue weighted by molar-refractivity contribution is -0.387. The molecule has 30 heavy (non-hydrogen) atoms. The molecule has 0 unspecified atom stereocenters. The number of halogens is 1. The number of nitro benzene ring substituents is 1. The van der Waals surface area contributed by atoms with Gasteiger partial charge in [0.2, 0.25) is 10.0 Å². The van der Waals surface area contributed by atoms with Crippen LogP contribution in [0.1, 0.15) is 0 Å². The van der Waals surface area contributed by atoms with Gasteiger partial charge in [0.15, 0.2) is 6.61 Å². The summed E-state index contributed by atoms with van der Waals surface area (Å²) < 4.78 is 31.3. The number of nitro groups is 1. The average molecular weight is 474 g/mol. The Kier molecular flexibility index (Phi) is 8.17. The maximum atomic E-state index is 12.3. The maximum absolute atomic E-state index is 12.3. The van der Waals surface area contributed by atoms with Gasteiger partial charge in [-0.3, -0.25) is 19.7 Å². The van der Waals surface area contributed by atoms with Crippen LogP contribution in [0.4, 0.5) is 11.4 Å². The number of nitrogens with one attached hydrogen (secondary N) is 2. The Hall–Kier alpha value is -2.67. The van der Waals surface area contributed by atoms with E-state index in [-0.39, 0.29) is 10.6 Å². The SMILES string of the molecule is CSc1ccc(S(=O)(=O)NCC(=O)OCC(=O)Nc2ccccc2Cl)cc1[N+](=O)[O-]. The topological polar surface area (TPSA) is 145 Å². The molecule has 0 aromatic heterocycles. The summed E-state index contributed by atoms with van der Waals surface area (Å²) in [5.74, 6) is -1.68. The van der Waals surface area contributed by atoms with E-state index in [1.807, 2.05) is 4.72 Å². The third kappa shape index (κ3) is 6.42. The van der Waals surface area contributed by atoms with Crippen LogP contribution in [0.5, 0.6) is 0 Å². The molecule has 0 heterocycles. The van der Waals surface area contributed by atoms with E-state index in [4.69, 9.17) is 16.3 Å². The van der Waals surface area contributed by atoms with Gasteiger partial charge in [-0.15, -0.1) is 11.8 Å². The molecule has 0 spiro atoms. The van der Waals surface area contributed by atoms with Crippen LogP contribution in [0.25, 0.3) is 0 Å². The molecular weight excluding hydrogens is 458 g/mol. The third-order valence-electron chi connectivity index (χ3n) is 3.58. The van der Waals surface area contributed by atoms with Crippen molar-refractivity contribution < 1.29 is 27.7 Å². The zero-order chi connectivity index (χ0) is 22.3. The molecule has 0 saturated carbocycles. The quantitative estimate of drug-likeness (QED) is 0.244. The molecule has 2 N–H and O–H groups in total. The minimum Gasteiger partial charge on any atom is -0.455 e. The highest BCUT2D eigenvalue weighted by molar-refractivity contribution is 7.98. The van der Waals surface area contributed by atoms with Crippen LogP contribution in [0, 0.1) is 10.1 Å². The summed E-state index contributed by atoms with van der Waals surface area (Å²) >= 11 is 6.99. The van der Waals surface area contributed by atoms with Gasteiger partial charge in [-0.05, 0) is 30.5 Å². The second-order valence-corrected chi connectivity index (χ2v) is 8.63. The number of anilines is 1. The van der Waals surface area contributed by atoms with Crippen molar-refractivity contribution in [3.8, 4) is 0 Å². The minimum absolute atomic E-state index is 0.294. The fourth-order valence-electron chi connectivity index (χ4n) is 2.16. The largest absolute Gasteiger partial charge is 0.455 e. The van der Waals surface area contributed by atoms with E-state index in [1.54, 1.807) is 30.5 Å². The maximum Gasteiger partial charge on any atom is 0.321 e. The number of hydrogen-bond acceptors (Lipinski definition) is 8. The summed E-state index contributed by atoms with van der Waals surface area (Å²) in [6.45, 7) is -1.42. The molecule has 2 rings (SSSR count). The molecule has 160 valence electrons. The van der Waals surface area contributed by atoms with Crippen LogP contribution in [0.15, 0.2) is 52.3 Å². The Balaban J connectivity index is 1.92. The minimum atomic E-state index is -4.21. The number of sulfonamides is 1. The molecule has 13 heteroatoms. The van der Waals surface area contributed by atoms with Gasteiger partial charge < -0.3 is 10.1 Å². The number of nitrogens with zero attached hydrogens (tertiary/aromatic N) is 1. The Labute approximate surface area is 181 Å². The van der Waals surface area contributed by atoms with Crippen molar-refractivity contribution in [1.82, 2.24) is 4.72 Å². The van der Waals surface area contributed by atoms with E-state index in [0.29, 0.717) is 15.6 Å². The lowest BCUT2D eigenvalue weighted by atomic mass is 10.3. The molecule has 2 aromatic rings. The van der Waals surface area contributed by atoms with Crippen molar-refractivity contribution in [3.05, 3.63) is 57.6 Å². The first-order valence-electron chi connectivity index (χ1n) is 8.16. The zero-order valence-corrected chi connectivity index (χ0v) is 17.8. The van der Waals surface area contributed by atoms with Crippen molar-refractivity contribution in [3.63, 3.8) is 0 Å². The molecule has 0 bridgehead atoms. The number of thioether (sulfide) groups is 1. The van der Waals surface area contributed by atoms with Crippen molar-refractivity contribution in [1.29, 1.82) is 0 Å². The van der Waals surface area contributed by atoms with Crippen LogP contribution in [0.3, 0.4) is 0 Å². The van der Waals surface area contributed by atoms with Gasteiger partial charge in [0.1, 0.15) is 6.54 Å². The van der Waals surface area contributed by atoms with Crippen LogP contribution in [-0.4, -0.2) is 44.6 Å². The van der Waals surface area contributed by atoms with E-state index < -0.39 is 40.0 Å². The van der Waals surface area contributed by atoms with Gasteiger partial charge in [-0.2, -0.15) is 4.72 Å². The van der Waals surface area contributed by atoms with E-state index in [0.717, 1.165) is 17.8 Å². The molecule has 10 nitrogen and oxygen atoms in total. The number of rotatable bonds is 9. The summed E-state index contributed by atoms with van der Waals surface area (Å²) in [6, 6.07) is 9.83. The molecule has 0 radical (unpaired) electrons. The Morgan fingerprint density at radius 1 is 1.23 bits per heavy atom. The number of esters is 1. The highest BCUT2D eigenvalue weighted by Crippen LogP contribution is 2.29. The predicted molar refractivity (Wildman–Crippen MR) is 111 cm³/mol. The first-order chi connectivity index (χ1) is 14.1. The molecule has 1 amide bonds. The van der Waals surface area contributed by atoms with Gasteiger partial charge in [-0.25, -0.2) is 8.42 Å². The number of hydrogen-bond donors (Lipinski definition) is 2. The number of ether oxygens (including phenoxy) is 1. The lowest BCUT2D eigenvalue weighted by Gasteiger charge is -2.09. The third-order valence-corrected chi connectivity index (χ3v) is 6.09. The standard InChI is InChI=1S/C17H16ClN3O7S2/c1-29-15-7-6-11(8-14(15)21(24)25)30(26,27)19-9-17(23)28-10-16(22)20-13-5-3-2-4-12(13)18/h2-8,19H,9-10H2,1H3,(H,20,22). The molecule has 0 fully saturated rings. The van der Waals surface area contributed by atoms with E-state index in [2.05, 4.69) is 5.32 Å². The fourth-order valence-corrected chi connectivity index (χ4v) is 3.88. The number of benzene rings is 2. The van der Waals surface area contributed by atoms with E-state index >= 15 is 0 Å². The second-order valence-electron chi connectivity index (χ2n) is 5.60. The molecule has 0 aliphatic carbocycles. The highest BCUT2D eigenvalue weighted by atomic mass is 35.5. The fraction of sp³-hybridized carbons (Fsp3) is 0.176. The average Bonchev–Trinajstić information content (AvgIpc) is 2.72. The van der Waals surface area contributed by atoms with Gasteiger partial charge in [0.25, 0.3) is 11.6 Å². The van der Waals surface area contributed by atoms with Gasteiger partial charge >= 0.3 is 5.97 Å². The van der Waals surface area contributed by atoms with Crippen LogP contribution >= 0.6 is 23.4 Å². The molecule has 0 saturated heterocycles. The number of carbonyl (C=O) groups is 2. The summed E-state index contributed by atoms with van der Waals surface area (Å²) in [7, 11) is -4.21. The molecule has 0 atom stereocenters. The predicted octanol–water partition coefficient (Wildman–Crippen LogP) is 2.43. The Morgan fingerprint density at radius 3 is 2.57 bits per heavy atom. The number of para-hydroxylation sites is 1. The van der Waals surface area contributed by atoms with Crippen molar-refractivity contribution >= 4 is 56.6 Å². The summed E-state index contributed by atoms with van der Waals surface area (Å²) in [4.78, 5) is 33.9. The lowest BCUT2D eigenvalue weighted by Crippen LogP contribution is -2.32. The second kappa shape index (κ2) is 10.4. The molecule has 2 aromatic carbocycles. The highest BCUT2D eigenvalue weighted by Gasteiger charge is 2.22. The molecule has 0 aliphatic rings. The number of carbonyl (C=O) groups excluding carboxylic acids is 2. The van der Waals surface area contributed by atoms with Crippen LogP contribution in [-0.2, 0) is 24.3 Å². The monoisotopic (exact) mass is 473 g/mol. The Morgan fingerprint density at radius 2 is 1.93 bits per heavy atom. The summed E-state index contributed by atoms with van der Waals surface area (Å²) in [5, 5.41) is 13.8.